The number of hydrogen-bond acceptors (Lipinski definition) is 3. The summed E-state index contributed by atoms with van der Waals surface area (Å²) in [7, 11) is -3.81. The number of amides is 1. The lowest BCUT2D eigenvalue weighted by Gasteiger charge is -2.19. The Labute approximate surface area is 128 Å². The normalized spacial score (nSPS) is 11.3. The van der Waals surface area contributed by atoms with E-state index in [1.54, 1.807) is 0 Å². The van der Waals surface area contributed by atoms with Crippen molar-refractivity contribution >= 4 is 16.1 Å². The first kappa shape index (κ1) is 16.0. The molecule has 0 aliphatic carbocycles. The van der Waals surface area contributed by atoms with E-state index >= 15 is 0 Å². The fraction of sp³-hybridized carbons (Fsp3) is 0.133. The van der Waals surface area contributed by atoms with Gasteiger partial charge >= 0.3 is 6.09 Å². The fourth-order valence-corrected chi connectivity index (χ4v) is 3.03. The second-order valence-corrected chi connectivity index (χ2v) is 6.37. The fourth-order valence-electron chi connectivity index (χ4n) is 2.00. The number of sulfonamides is 1. The molecule has 0 heterocycles. The molecule has 116 valence electrons. The SMILES string of the molecule is O=C(O)NCS(=O)(=O)NC(c1ccccc1)c1ccccc1. The number of carbonyl (C=O) groups is 1. The van der Waals surface area contributed by atoms with Gasteiger partial charge in [-0.3, -0.25) is 0 Å². The Kier molecular flexibility index (Phi) is 5.13. The van der Waals surface area contributed by atoms with E-state index < -0.39 is 28.0 Å². The van der Waals surface area contributed by atoms with Crippen molar-refractivity contribution in [2.75, 3.05) is 5.88 Å². The molecule has 1 amide bonds. The van der Waals surface area contributed by atoms with E-state index in [1.807, 2.05) is 66.0 Å². The summed E-state index contributed by atoms with van der Waals surface area (Å²) in [6, 6.07) is 17.6. The van der Waals surface area contributed by atoms with E-state index in [1.165, 1.54) is 0 Å². The number of rotatable bonds is 6. The van der Waals surface area contributed by atoms with Crippen LogP contribution in [0, 0.1) is 0 Å². The van der Waals surface area contributed by atoms with Crippen LogP contribution in [0.5, 0.6) is 0 Å². The molecule has 0 saturated carbocycles. The van der Waals surface area contributed by atoms with Gasteiger partial charge in [0.05, 0.1) is 6.04 Å². The maximum absolute atomic E-state index is 12.1. The summed E-state index contributed by atoms with van der Waals surface area (Å²) in [4.78, 5) is 10.5. The van der Waals surface area contributed by atoms with Gasteiger partial charge in [-0.15, -0.1) is 0 Å². The van der Waals surface area contributed by atoms with Gasteiger partial charge < -0.3 is 10.4 Å². The molecular weight excluding hydrogens is 304 g/mol. The second kappa shape index (κ2) is 7.06. The van der Waals surface area contributed by atoms with Gasteiger partial charge in [-0.25, -0.2) is 17.9 Å². The highest BCUT2D eigenvalue weighted by molar-refractivity contribution is 7.89. The number of hydrogen-bond donors (Lipinski definition) is 3. The molecule has 0 spiro atoms. The van der Waals surface area contributed by atoms with Crippen LogP contribution in [0.4, 0.5) is 4.79 Å². The van der Waals surface area contributed by atoms with Gasteiger partial charge in [-0.2, -0.15) is 0 Å². The molecule has 0 bridgehead atoms. The zero-order chi connectivity index (χ0) is 16.0. The summed E-state index contributed by atoms with van der Waals surface area (Å²) in [6.45, 7) is 0. The molecule has 0 fully saturated rings. The Hall–Kier alpha value is -2.38. The highest BCUT2D eigenvalue weighted by Gasteiger charge is 2.21. The first-order chi connectivity index (χ1) is 10.5. The molecule has 3 N–H and O–H groups in total. The lowest BCUT2D eigenvalue weighted by atomic mass is 10.00. The van der Waals surface area contributed by atoms with Crippen LogP contribution < -0.4 is 10.0 Å². The third-order valence-electron chi connectivity index (χ3n) is 2.98. The van der Waals surface area contributed by atoms with Crippen LogP contribution >= 0.6 is 0 Å². The van der Waals surface area contributed by atoms with Gasteiger partial charge in [0, 0.05) is 0 Å². The van der Waals surface area contributed by atoms with Gasteiger partial charge in [0.15, 0.2) is 0 Å². The first-order valence-electron chi connectivity index (χ1n) is 6.54. The molecule has 0 aliphatic rings. The van der Waals surface area contributed by atoms with Gasteiger partial charge in [0.1, 0.15) is 5.88 Å². The van der Waals surface area contributed by atoms with E-state index in [0.29, 0.717) is 0 Å². The Balaban J connectivity index is 2.28. The summed E-state index contributed by atoms with van der Waals surface area (Å²) in [5.41, 5.74) is 1.54. The van der Waals surface area contributed by atoms with Gasteiger partial charge in [-0.05, 0) is 11.1 Å². The topological polar surface area (TPSA) is 95.5 Å². The van der Waals surface area contributed by atoms with Crippen LogP contribution in [-0.4, -0.2) is 25.5 Å². The molecule has 2 aromatic carbocycles. The van der Waals surface area contributed by atoms with Crippen molar-refractivity contribution < 1.29 is 18.3 Å². The first-order valence-corrected chi connectivity index (χ1v) is 8.20. The minimum atomic E-state index is -3.81. The molecular formula is C15H16N2O4S. The number of nitrogens with one attached hydrogen (secondary N) is 2. The quantitative estimate of drug-likeness (QED) is 0.758. The summed E-state index contributed by atoms with van der Waals surface area (Å²) in [6.07, 6.45) is -1.39. The van der Waals surface area contributed by atoms with Crippen molar-refractivity contribution in [2.24, 2.45) is 0 Å². The van der Waals surface area contributed by atoms with Gasteiger partial charge in [-0.1, -0.05) is 60.7 Å². The summed E-state index contributed by atoms with van der Waals surface area (Å²) in [5, 5.41) is 10.4. The molecule has 0 saturated heterocycles. The van der Waals surface area contributed by atoms with Crippen LogP contribution in [0.15, 0.2) is 60.7 Å². The number of benzene rings is 2. The van der Waals surface area contributed by atoms with Crippen LogP contribution in [0.1, 0.15) is 17.2 Å². The van der Waals surface area contributed by atoms with Crippen LogP contribution in [0.25, 0.3) is 0 Å². The van der Waals surface area contributed by atoms with Crippen molar-refractivity contribution in [3.8, 4) is 0 Å². The van der Waals surface area contributed by atoms with E-state index in [-0.39, 0.29) is 0 Å². The molecule has 7 heteroatoms. The largest absolute Gasteiger partial charge is 0.465 e. The Morgan fingerprint density at radius 2 is 1.41 bits per heavy atom. The zero-order valence-corrected chi connectivity index (χ0v) is 12.5. The highest BCUT2D eigenvalue weighted by Crippen LogP contribution is 2.22. The van der Waals surface area contributed by atoms with Crippen LogP contribution in [-0.2, 0) is 10.0 Å². The smallest absolute Gasteiger partial charge is 0.405 e. The molecule has 0 radical (unpaired) electrons. The third kappa shape index (κ3) is 4.57. The average molecular weight is 320 g/mol. The molecule has 2 rings (SSSR count). The van der Waals surface area contributed by atoms with Crippen molar-refractivity contribution in [1.29, 1.82) is 0 Å². The van der Waals surface area contributed by atoms with Crippen molar-refractivity contribution in [2.45, 2.75) is 6.04 Å². The Bertz CT molecular complexity index is 678. The van der Waals surface area contributed by atoms with E-state index in [9.17, 15) is 13.2 Å². The lowest BCUT2D eigenvalue weighted by Crippen LogP contribution is -2.38. The molecule has 2 aromatic rings. The summed E-state index contributed by atoms with van der Waals surface area (Å²) < 4.78 is 26.6. The Morgan fingerprint density at radius 3 is 1.82 bits per heavy atom. The van der Waals surface area contributed by atoms with Crippen molar-refractivity contribution in [1.82, 2.24) is 10.0 Å². The highest BCUT2D eigenvalue weighted by atomic mass is 32.2. The van der Waals surface area contributed by atoms with Crippen LogP contribution in [0.3, 0.4) is 0 Å². The second-order valence-electron chi connectivity index (χ2n) is 4.61. The van der Waals surface area contributed by atoms with E-state index in [2.05, 4.69) is 4.72 Å². The van der Waals surface area contributed by atoms with E-state index in [4.69, 9.17) is 5.11 Å². The summed E-state index contributed by atoms with van der Waals surface area (Å²) in [5.74, 6) is -0.696. The third-order valence-corrected chi connectivity index (χ3v) is 4.10. The molecule has 0 aliphatic heterocycles. The van der Waals surface area contributed by atoms with Gasteiger partial charge in [0.25, 0.3) is 0 Å². The van der Waals surface area contributed by atoms with Crippen LogP contribution in [0.2, 0.25) is 0 Å². The molecule has 0 atom stereocenters. The minimum Gasteiger partial charge on any atom is -0.465 e. The predicted octanol–water partition coefficient (Wildman–Crippen LogP) is 1.92. The van der Waals surface area contributed by atoms with E-state index in [0.717, 1.165) is 11.1 Å². The van der Waals surface area contributed by atoms with Crippen molar-refractivity contribution in [3.63, 3.8) is 0 Å². The molecule has 6 nitrogen and oxygen atoms in total. The van der Waals surface area contributed by atoms with Gasteiger partial charge in [0.2, 0.25) is 10.0 Å². The van der Waals surface area contributed by atoms with Crippen molar-refractivity contribution in [3.05, 3.63) is 71.8 Å². The maximum Gasteiger partial charge on any atom is 0.405 e. The standard InChI is InChI=1S/C15H16N2O4S/c18-15(19)16-11-22(20,21)17-14(12-7-3-1-4-8-12)13-9-5-2-6-10-13/h1-10,14,16-17H,11H2,(H,18,19). The Morgan fingerprint density at radius 1 is 0.955 bits per heavy atom. The maximum atomic E-state index is 12.1. The summed E-state index contributed by atoms with van der Waals surface area (Å²) >= 11 is 0. The molecule has 0 unspecified atom stereocenters. The number of carboxylic acid groups (broad SMARTS) is 1. The lowest BCUT2D eigenvalue weighted by molar-refractivity contribution is 0.196. The molecule has 22 heavy (non-hydrogen) atoms. The molecule has 0 aromatic heterocycles. The average Bonchev–Trinajstić information content (AvgIpc) is 2.53. The predicted molar refractivity (Wildman–Crippen MR) is 82.8 cm³/mol. The minimum absolute atomic E-state index is 0.581. The zero-order valence-electron chi connectivity index (χ0n) is 11.6. The monoisotopic (exact) mass is 320 g/mol.